The summed E-state index contributed by atoms with van der Waals surface area (Å²) in [7, 11) is 0. The Hall–Kier alpha value is -1.57. The molecule has 1 amide bonds. The van der Waals surface area contributed by atoms with Crippen molar-refractivity contribution in [3.8, 4) is 10.6 Å². The molecule has 0 aliphatic heterocycles. The number of anilines is 1. The first-order valence-corrected chi connectivity index (χ1v) is 8.55. The van der Waals surface area contributed by atoms with Gasteiger partial charge in [0.1, 0.15) is 0 Å². The van der Waals surface area contributed by atoms with Gasteiger partial charge in [0.05, 0.1) is 27.7 Å². The van der Waals surface area contributed by atoms with Gasteiger partial charge in [-0.05, 0) is 18.4 Å². The molecule has 0 atom stereocenters. The van der Waals surface area contributed by atoms with Crippen LogP contribution in [-0.2, 0) is 11.2 Å². The summed E-state index contributed by atoms with van der Waals surface area (Å²) in [5.74, 6) is -0.0811. The lowest BCUT2D eigenvalue weighted by molar-refractivity contribution is -0.115. The molecule has 0 aliphatic rings. The first kappa shape index (κ1) is 13.4. The Balaban J connectivity index is 1.64. The molecule has 3 rings (SSSR count). The van der Waals surface area contributed by atoms with Crippen molar-refractivity contribution in [2.45, 2.75) is 13.3 Å². The Morgan fingerprint density at radius 3 is 2.85 bits per heavy atom. The Bertz CT molecular complexity index is 715. The van der Waals surface area contributed by atoms with Crippen LogP contribution >= 0.6 is 34.0 Å². The third-order valence-corrected chi connectivity index (χ3v) is 5.00. The minimum absolute atomic E-state index is 0.0811. The van der Waals surface area contributed by atoms with Crippen LogP contribution in [0, 0.1) is 6.92 Å². The van der Waals surface area contributed by atoms with E-state index in [0.717, 1.165) is 21.3 Å². The van der Waals surface area contributed by atoms with Gasteiger partial charge in [0.25, 0.3) is 0 Å². The van der Waals surface area contributed by atoms with Gasteiger partial charge in [-0.1, -0.05) is 6.07 Å². The first-order valence-electron chi connectivity index (χ1n) is 5.91. The molecular formula is C13H11N3OS3. The molecule has 20 heavy (non-hydrogen) atoms. The second-order valence-electron chi connectivity index (χ2n) is 4.10. The number of carbonyl (C=O) groups excluding carboxylic acids is 1. The quantitative estimate of drug-likeness (QED) is 0.795. The van der Waals surface area contributed by atoms with Crippen molar-refractivity contribution in [2.75, 3.05) is 5.32 Å². The third-order valence-electron chi connectivity index (χ3n) is 2.53. The van der Waals surface area contributed by atoms with Crippen molar-refractivity contribution in [3.05, 3.63) is 39.0 Å². The van der Waals surface area contributed by atoms with E-state index in [1.807, 2.05) is 35.2 Å². The molecule has 1 N–H and O–H groups in total. The van der Waals surface area contributed by atoms with Gasteiger partial charge in [-0.25, -0.2) is 9.97 Å². The van der Waals surface area contributed by atoms with E-state index in [1.54, 1.807) is 22.7 Å². The molecule has 7 heteroatoms. The minimum atomic E-state index is -0.0811. The zero-order valence-corrected chi connectivity index (χ0v) is 13.1. The normalized spacial score (nSPS) is 10.7. The fourth-order valence-electron chi connectivity index (χ4n) is 1.69. The van der Waals surface area contributed by atoms with Gasteiger partial charge in [0, 0.05) is 10.8 Å². The molecule has 0 fully saturated rings. The van der Waals surface area contributed by atoms with E-state index in [1.165, 1.54) is 11.3 Å². The average Bonchev–Trinajstić information content (AvgIpc) is 3.10. The number of hydrogen-bond acceptors (Lipinski definition) is 6. The second kappa shape index (κ2) is 5.82. The highest BCUT2D eigenvalue weighted by Gasteiger charge is 2.10. The molecule has 0 unspecified atom stereocenters. The first-order chi connectivity index (χ1) is 9.70. The number of thiazole rings is 2. The summed E-state index contributed by atoms with van der Waals surface area (Å²) in [6.45, 7) is 1.93. The van der Waals surface area contributed by atoms with Crippen molar-refractivity contribution >= 4 is 45.0 Å². The van der Waals surface area contributed by atoms with Gasteiger partial charge in [0.2, 0.25) is 5.91 Å². The zero-order chi connectivity index (χ0) is 13.9. The second-order valence-corrected chi connectivity index (χ2v) is 6.97. The molecule has 102 valence electrons. The summed E-state index contributed by atoms with van der Waals surface area (Å²) < 4.78 is 0. The number of nitrogens with zero attached hydrogens (tertiary/aromatic N) is 2. The molecule has 3 heterocycles. The molecular weight excluding hydrogens is 310 g/mol. The van der Waals surface area contributed by atoms with Gasteiger partial charge >= 0.3 is 0 Å². The van der Waals surface area contributed by atoms with Crippen molar-refractivity contribution in [3.63, 3.8) is 0 Å². The standard InChI is InChI=1S/C13H11N3OS3/c1-8-14-9(6-19-8)5-12(17)16-13-15-10(7-20-13)11-3-2-4-18-11/h2-4,6-7H,5H2,1H3,(H,15,16,17). The number of amides is 1. The molecule has 0 spiro atoms. The maximum Gasteiger partial charge on any atom is 0.232 e. The molecule has 0 aromatic carbocycles. The van der Waals surface area contributed by atoms with Crippen molar-refractivity contribution < 1.29 is 4.79 Å². The smallest absolute Gasteiger partial charge is 0.232 e. The van der Waals surface area contributed by atoms with E-state index in [4.69, 9.17) is 0 Å². The van der Waals surface area contributed by atoms with Crippen LogP contribution in [0.15, 0.2) is 28.3 Å². The van der Waals surface area contributed by atoms with Crippen LogP contribution in [0.4, 0.5) is 5.13 Å². The van der Waals surface area contributed by atoms with E-state index < -0.39 is 0 Å². The van der Waals surface area contributed by atoms with Crippen LogP contribution in [0.2, 0.25) is 0 Å². The van der Waals surface area contributed by atoms with E-state index in [0.29, 0.717) is 5.13 Å². The zero-order valence-electron chi connectivity index (χ0n) is 10.6. The predicted molar refractivity (Wildman–Crippen MR) is 84.6 cm³/mol. The third kappa shape index (κ3) is 3.12. The van der Waals surface area contributed by atoms with Gasteiger partial charge < -0.3 is 5.32 Å². The predicted octanol–water partition coefficient (Wildman–Crippen LogP) is 3.82. The van der Waals surface area contributed by atoms with E-state index in [2.05, 4.69) is 15.3 Å². The summed E-state index contributed by atoms with van der Waals surface area (Å²) in [5, 5.41) is 10.3. The molecule has 3 aromatic rings. The SMILES string of the molecule is Cc1nc(CC(=O)Nc2nc(-c3cccs3)cs2)cs1. The molecule has 0 saturated carbocycles. The average molecular weight is 321 g/mol. The Labute approximate surface area is 128 Å². The van der Waals surface area contributed by atoms with Crippen molar-refractivity contribution in [1.82, 2.24) is 9.97 Å². The lowest BCUT2D eigenvalue weighted by Gasteiger charge is -1.98. The molecule has 0 bridgehead atoms. The lowest BCUT2D eigenvalue weighted by atomic mass is 10.3. The number of aromatic nitrogens is 2. The van der Waals surface area contributed by atoms with Gasteiger partial charge in [-0.3, -0.25) is 4.79 Å². The fourth-order valence-corrected chi connectivity index (χ4v) is 3.79. The molecule has 0 saturated heterocycles. The van der Waals surface area contributed by atoms with Crippen LogP contribution < -0.4 is 5.32 Å². The fraction of sp³-hybridized carbons (Fsp3) is 0.154. The molecule has 0 radical (unpaired) electrons. The maximum atomic E-state index is 11.9. The van der Waals surface area contributed by atoms with Crippen LogP contribution in [0.5, 0.6) is 0 Å². The largest absolute Gasteiger partial charge is 0.302 e. The number of hydrogen-bond donors (Lipinski definition) is 1. The summed E-state index contributed by atoms with van der Waals surface area (Å²) in [6.07, 6.45) is 0.290. The van der Waals surface area contributed by atoms with Crippen LogP contribution in [0.1, 0.15) is 10.7 Å². The highest BCUT2D eigenvalue weighted by atomic mass is 32.1. The Kier molecular flexibility index (Phi) is 3.90. The molecule has 3 aromatic heterocycles. The summed E-state index contributed by atoms with van der Waals surface area (Å²) >= 11 is 4.63. The van der Waals surface area contributed by atoms with Crippen LogP contribution in [0.25, 0.3) is 10.6 Å². The van der Waals surface area contributed by atoms with E-state index >= 15 is 0 Å². The Morgan fingerprint density at radius 2 is 2.15 bits per heavy atom. The van der Waals surface area contributed by atoms with Crippen molar-refractivity contribution in [1.29, 1.82) is 0 Å². The lowest BCUT2D eigenvalue weighted by Crippen LogP contribution is -2.14. The number of carbonyl (C=O) groups is 1. The highest BCUT2D eigenvalue weighted by molar-refractivity contribution is 7.16. The Morgan fingerprint density at radius 1 is 1.25 bits per heavy atom. The van der Waals surface area contributed by atoms with Crippen LogP contribution in [0.3, 0.4) is 0 Å². The van der Waals surface area contributed by atoms with Gasteiger partial charge in [-0.15, -0.1) is 34.0 Å². The van der Waals surface area contributed by atoms with Crippen LogP contribution in [-0.4, -0.2) is 15.9 Å². The summed E-state index contributed by atoms with van der Waals surface area (Å²) in [6, 6.07) is 4.01. The summed E-state index contributed by atoms with van der Waals surface area (Å²) in [4.78, 5) is 21.7. The van der Waals surface area contributed by atoms with Crippen molar-refractivity contribution in [2.24, 2.45) is 0 Å². The van der Waals surface area contributed by atoms with Gasteiger partial charge in [-0.2, -0.15) is 0 Å². The van der Waals surface area contributed by atoms with E-state index in [-0.39, 0.29) is 12.3 Å². The monoisotopic (exact) mass is 321 g/mol. The minimum Gasteiger partial charge on any atom is -0.302 e. The highest BCUT2D eigenvalue weighted by Crippen LogP contribution is 2.28. The van der Waals surface area contributed by atoms with Gasteiger partial charge in [0.15, 0.2) is 5.13 Å². The number of rotatable bonds is 4. The number of aryl methyl sites for hydroxylation is 1. The maximum absolute atomic E-state index is 11.9. The molecule has 4 nitrogen and oxygen atoms in total. The number of nitrogens with one attached hydrogen (secondary N) is 1. The van der Waals surface area contributed by atoms with E-state index in [9.17, 15) is 4.79 Å². The topological polar surface area (TPSA) is 54.9 Å². The summed E-state index contributed by atoms with van der Waals surface area (Å²) in [5.41, 5.74) is 1.71. The number of thiophene rings is 1. The molecule has 0 aliphatic carbocycles.